The zero-order valence-corrected chi connectivity index (χ0v) is 8.00. The average molecular weight is 186 g/mol. The lowest BCUT2D eigenvalue weighted by atomic mass is 10.0. The van der Waals surface area contributed by atoms with Gasteiger partial charge >= 0.3 is 0 Å². The highest BCUT2D eigenvalue weighted by atomic mass is 16.5. The van der Waals surface area contributed by atoms with Gasteiger partial charge in [-0.15, -0.1) is 0 Å². The topological polar surface area (TPSA) is 74.6 Å². The zero-order valence-electron chi connectivity index (χ0n) is 8.00. The minimum absolute atomic E-state index is 0.0759. The Hall–Kier alpha value is -1.00. The first-order valence-corrected chi connectivity index (χ1v) is 3.92. The molecule has 0 spiro atoms. The minimum atomic E-state index is -1.79. The lowest BCUT2D eigenvalue weighted by molar-refractivity contribution is -0.117. The molecule has 0 fully saturated rings. The van der Waals surface area contributed by atoms with Crippen LogP contribution in [0.2, 0.25) is 0 Å². The van der Waals surface area contributed by atoms with Crippen LogP contribution < -0.4 is 0 Å². The van der Waals surface area contributed by atoms with Gasteiger partial charge in [0.15, 0.2) is 12.1 Å². The Kier molecular flexibility index (Phi) is 4.51. The summed E-state index contributed by atoms with van der Waals surface area (Å²) in [5.74, 6) is -0.536. The predicted molar refractivity (Wildman–Crippen MR) is 46.9 cm³/mol. The van der Waals surface area contributed by atoms with Crippen molar-refractivity contribution in [3.05, 3.63) is 11.1 Å². The van der Waals surface area contributed by atoms with Crippen molar-refractivity contribution in [2.45, 2.75) is 33.5 Å². The third-order valence-corrected chi connectivity index (χ3v) is 1.61. The van der Waals surface area contributed by atoms with E-state index in [-0.39, 0.29) is 17.8 Å². The molecule has 0 aliphatic rings. The molecule has 13 heavy (non-hydrogen) atoms. The third kappa shape index (κ3) is 3.96. The molecule has 0 rings (SSSR count). The van der Waals surface area contributed by atoms with E-state index in [4.69, 9.17) is 10.2 Å². The Morgan fingerprint density at radius 2 is 1.62 bits per heavy atom. The molecule has 2 N–H and O–H groups in total. The maximum Gasteiger partial charge on any atom is 0.181 e. The van der Waals surface area contributed by atoms with Crippen LogP contribution in [-0.2, 0) is 9.59 Å². The second kappa shape index (κ2) is 4.89. The summed E-state index contributed by atoms with van der Waals surface area (Å²) < 4.78 is 0. The van der Waals surface area contributed by atoms with E-state index in [0.29, 0.717) is 5.57 Å². The first-order chi connectivity index (χ1) is 5.86. The lowest BCUT2D eigenvalue weighted by Gasteiger charge is -2.09. The third-order valence-electron chi connectivity index (χ3n) is 1.61. The van der Waals surface area contributed by atoms with E-state index in [2.05, 4.69) is 0 Å². The monoisotopic (exact) mass is 186 g/mol. The normalized spacial score (nSPS) is 12.8. The highest BCUT2D eigenvalue weighted by Crippen LogP contribution is 2.12. The van der Waals surface area contributed by atoms with Crippen molar-refractivity contribution in [1.82, 2.24) is 0 Å². The van der Waals surface area contributed by atoms with Gasteiger partial charge in [0.1, 0.15) is 5.78 Å². The van der Waals surface area contributed by atoms with E-state index in [0.717, 1.165) is 0 Å². The van der Waals surface area contributed by atoms with E-state index in [9.17, 15) is 9.59 Å². The summed E-state index contributed by atoms with van der Waals surface area (Å²) in [6.45, 7) is 4.15. The number of aliphatic hydroxyl groups is 2. The first kappa shape index (κ1) is 12.0. The largest absolute Gasteiger partial charge is 0.364 e. The lowest BCUT2D eigenvalue weighted by Crippen LogP contribution is -2.17. The fourth-order valence-corrected chi connectivity index (χ4v) is 1.17. The Morgan fingerprint density at radius 3 is 1.85 bits per heavy atom. The van der Waals surface area contributed by atoms with Crippen LogP contribution in [0.5, 0.6) is 0 Å². The van der Waals surface area contributed by atoms with Crippen LogP contribution >= 0.6 is 0 Å². The fraction of sp³-hybridized carbons (Fsp3) is 0.556. The molecule has 4 heteroatoms. The Balaban J connectivity index is 4.86. The summed E-state index contributed by atoms with van der Waals surface area (Å²) in [7, 11) is 0. The number of aliphatic hydroxyl groups excluding tert-OH is 1. The van der Waals surface area contributed by atoms with E-state index in [1.807, 2.05) is 0 Å². The molecule has 0 bridgehead atoms. The standard InChI is InChI=1S/C9H14O4/c1-5(4-6(2)10)8(7(3)11)9(12)13/h9,12-13H,4H2,1-3H3. The van der Waals surface area contributed by atoms with E-state index >= 15 is 0 Å². The number of allylic oxidation sites excluding steroid dienone is 1. The van der Waals surface area contributed by atoms with Gasteiger partial charge in [-0.3, -0.25) is 9.59 Å². The second-order valence-corrected chi connectivity index (χ2v) is 3.00. The van der Waals surface area contributed by atoms with Gasteiger partial charge in [-0.25, -0.2) is 0 Å². The number of ketones is 2. The molecule has 0 amide bonds. The molecule has 0 atom stereocenters. The number of hydrogen-bond acceptors (Lipinski definition) is 4. The Labute approximate surface area is 76.9 Å². The number of hydrogen-bond donors (Lipinski definition) is 2. The number of carbonyl (C=O) groups excluding carboxylic acids is 2. The number of Topliss-reactive ketones (excluding diaryl/α,β-unsaturated/α-hetero) is 2. The molecule has 4 nitrogen and oxygen atoms in total. The Bertz CT molecular complexity index is 250. The fourth-order valence-electron chi connectivity index (χ4n) is 1.17. The summed E-state index contributed by atoms with van der Waals surface area (Å²) >= 11 is 0. The molecule has 0 saturated heterocycles. The van der Waals surface area contributed by atoms with Crippen LogP contribution in [-0.4, -0.2) is 28.1 Å². The van der Waals surface area contributed by atoms with Gasteiger partial charge in [0.05, 0.1) is 0 Å². The van der Waals surface area contributed by atoms with Gasteiger partial charge in [0.25, 0.3) is 0 Å². The van der Waals surface area contributed by atoms with E-state index in [1.165, 1.54) is 20.8 Å². The SMILES string of the molecule is CC(=O)CC(C)=C(C(C)=O)C(O)O. The maximum atomic E-state index is 10.9. The zero-order chi connectivity index (χ0) is 10.6. The van der Waals surface area contributed by atoms with Gasteiger partial charge in [-0.1, -0.05) is 5.57 Å². The van der Waals surface area contributed by atoms with Gasteiger partial charge in [-0.05, 0) is 20.8 Å². The van der Waals surface area contributed by atoms with Crippen molar-refractivity contribution in [3.63, 3.8) is 0 Å². The number of rotatable bonds is 4. The highest BCUT2D eigenvalue weighted by molar-refractivity contribution is 5.95. The predicted octanol–water partition coefficient (Wildman–Crippen LogP) is 0.182. The second-order valence-electron chi connectivity index (χ2n) is 3.00. The van der Waals surface area contributed by atoms with Crippen molar-refractivity contribution in [3.8, 4) is 0 Å². The highest BCUT2D eigenvalue weighted by Gasteiger charge is 2.16. The molecule has 0 aromatic heterocycles. The molecule has 0 saturated carbocycles. The van der Waals surface area contributed by atoms with Crippen LogP contribution in [0.4, 0.5) is 0 Å². The van der Waals surface area contributed by atoms with Crippen LogP contribution in [0.3, 0.4) is 0 Å². The summed E-state index contributed by atoms with van der Waals surface area (Å²) in [6, 6.07) is 0. The van der Waals surface area contributed by atoms with Crippen LogP contribution in [0, 0.1) is 0 Å². The van der Waals surface area contributed by atoms with Gasteiger partial charge < -0.3 is 10.2 Å². The maximum absolute atomic E-state index is 10.9. The minimum Gasteiger partial charge on any atom is -0.364 e. The van der Waals surface area contributed by atoms with E-state index in [1.54, 1.807) is 0 Å². The average Bonchev–Trinajstić information content (AvgIpc) is 1.81. The molecule has 0 radical (unpaired) electrons. The molecule has 0 aromatic rings. The van der Waals surface area contributed by atoms with Gasteiger partial charge in [-0.2, -0.15) is 0 Å². The summed E-state index contributed by atoms with van der Waals surface area (Å²) in [4.78, 5) is 21.6. The molecule has 0 aliphatic heterocycles. The van der Waals surface area contributed by atoms with Crippen molar-refractivity contribution in [2.24, 2.45) is 0 Å². The Morgan fingerprint density at radius 1 is 1.15 bits per heavy atom. The summed E-state index contributed by atoms with van der Waals surface area (Å²) in [5.41, 5.74) is 0.324. The van der Waals surface area contributed by atoms with Crippen molar-refractivity contribution in [1.29, 1.82) is 0 Å². The first-order valence-electron chi connectivity index (χ1n) is 3.92. The van der Waals surface area contributed by atoms with Crippen molar-refractivity contribution >= 4 is 11.6 Å². The molecule has 0 unspecified atom stereocenters. The summed E-state index contributed by atoms with van der Waals surface area (Å²) in [5, 5.41) is 17.7. The molecule has 0 aromatic carbocycles. The molecular formula is C9H14O4. The summed E-state index contributed by atoms with van der Waals surface area (Å²) in [6.07, 6.45) is -1.72. The van der Waals surface area contributed by atoms with Gasteiger partial charge in [0.2, 0.25) is 0 Å². The molecule has 74 valence electrons. The molecular weight excluding hydrogens is 172 g/mol. The molecule has 0 heterocycles. The van der Waals surface area contributed by atoms with E-state index < -0.39 is 12.1 Å². The van der Waals surface area contributed by atoms with Crippen molar-refractivity contribution in [2.75, 3.05) is 0 Å². The quantitative estimate of drug-likeness (QED) is 0.485. The van der Waals surface area contributed by atoms with Crippen LogP contribution in [0.25, 0.3) is 0 Å². The van der Waals surface area contributed by atoms with Gasteiger partial charge in [0, 0.05) is 12.0 Å². The smallest absolute Gasteiger partial charge is 0.181 e. The number of carbonyl (C=O) groups is 2. The van der Waals surface area contributed by atoms with Crippen molar-refractivity contribution < 1.29 is 19.8 Å². The van der Waals surface area contributed by atoms with Crippen LogP contribution in [0.1, 0.15) is 27.2 Å². The molecule has 0 aliphatic carbocycles. The van der Waals surface area contributed by atoms with Crippen LogP contribution in [0.15, 0.2) is 11.1 Å².